The van der Waals surface area contributed by atoms with Gasteiger partial charge in [-0.15, -0.1) is 0 Å². The van der Waals surface area contributed by atoms with Crippen molar-refractivity contribution in [1.29, 1.82) is 0 Å². The summed E-state index contributed by atoms with van der Waals surface area (Å²) in [4.78, 5) is 9.43. The van der Waals surface area contributed by atoms with Crippen molar-refractivity contribution in [2.75, 3.05) is 33.7 Å². The first-order valence-electron chi connectivity index (χ1n) is 5.25. The van der Waals surface area contributed by atoms with Crippen LogP contribution in [0.4, 0.5) is 0 Å². The van der Waals surface area contributed by atoms with Crippen molar-refractivity contribution in [1.82, 2.24) is 9.80 Å². The normalized spacial score (nSPS) is 28.7. The lowest BCUT2D eigenvalue weighted by Crippen LogP contribution is -2.52. The average molecular weight is 181 g/mol. The largest absolute Gasteiger partial charge is 0.359 e. The summed E-state index contributed by atoms with van der Waals surface area (Å²) in [6, 6.07) is 0.578. The van der Waals surface area contributed by atoms with E-state index in [1.165, 1.54) is 38.2 Å². The first-order valence-corrected chi connectivity index (χ1v) is 5.25. The van der Waals surface area contributed by atoms with Gasteiger partial charge in [0.2, 0.25) is 0 Å². The van der Waals surface area contributed by atoms with E-state index in [9.17, 15) is 0 Å². The van der Waals surface area contributed by atoms with Crippen molar-refractivity contribution in [3.63, 3.8) is 0 Å². The molecule has 3 heteroatoms. The van der Waals surface area contributed by atoms with Crippen LogP contribution >= 0.6 is 0 Å². The third-order valence-corrected chi connectivity index (χ3v) is 3.01. The van der Waals surface area contributed by atoms with E-state index in [0.717, 1.165) is 6.54 Å². The van der Waals surface area contributed by atoms with Crippen LogP contribution in [0.15, 0.2) is 4.99 Å². The summed E-state index contributed by atoms with van der Waals surface area (Å²) in [5, 5.41) is 0. The Morgan fingerprint density at radius 3 is 2.85 bits per heavy atom. The second kappa shape index (κ2) is 3.66. The number of nitrogens with zero attached hydrogens (tertiary/aromatic N) is 3. The van der Waals surface area contributed by atoms with Crippen LogP contribution in [0.2, 0.25) is 0 Å². The minimum absolute atomic E-state index is 0.578. The van der Waals surface area contributed by atoms with Crippen LogP contribution in [0.1, 0.15) is 19.3 Å². The SMILES string of the molecule is CN(C)C1CCCN2CCCN=C12. The predicted molar refractivity (Wildman–Crippen MR) is 55.2 cm³/mol. The molecule has 1 unspecified atom stereocenters. The van der Waals surface area contributed by atoms with Crippen LogP contribution in [-0.2, 0) is 0 Å². The fraction of sp³-hybridized carbons (Fsp3) is 0.900. The van der Waals surface area contributed by atoms with E-state index in [-0.39, 0.29) is 0 Å². The van der Waals surface area contributed by atoms with Crippen molar-refractivity contribution in [2.24, 2.45) is 4.99 Å². The molecule has 74 valence electrons. The van der Waals surface area contributed by atoms with Crippen molar-refractivity contribution in [2.45, 2.75) is 25.3 Å². The van der Waals surface area contributed by atoms with Gasteiger partial charge in [-0.25, -0.2) is 0 Å². The molecule has 2 aliphatic heterocycles. The second-order valence-corrected chi connectivity index (χ2v) is 4.20. The molecule has 0 aromatic rings. The molecule has 0 saturated carbocycles. The maximum atomic E-state index is 4.66. The summed E-state index contributed by atoms with van der Waals surface area (Å²) in [7, 11) is 4.32. The molecule has 1 fully saturated rings. The minimum atomic E-state index is 0.578. The summed E-state index contributed by atoms with van der Waals surface area (Å²) in [5.41, 5.74) is 0. The van der Waals surface area contributed by atoms with Crippen molar-refractivity contribution >= 4 is 5.84 Å². The highest BCUT2D eigenvalue weighted by atomic mass is 15.3. The highest BCUT2D eigenvalue weighted by Crippen LogP contribution is 2.19. The third kappa shape index (κ3) is 1.70. The summed E-state index contributed by atoms with van der Waals surface area (Å²) in [6.45, 7) is 3.49. The van der Waals surface area contributed by atoms with Crippen molar-refractivity contribution in [3.8, 4) is 0 Å². The van der Waals surface area contributed by atoms with Crippen LogP contribution in [-0.4, -0.2) is 55.4 Å². The molecule has 2 heterocycles. The smallest absolute Gasteiger partial charge is 0.116 e. The van der Waals surface area contributed by atoms with Crippen molar-refractivity contribution < 1.29 is 0 Å². The maximum absolute atomic E-state index is 4.66. The molecule has 0 radical (unpaired) electrons. The third-order valence-electron chi connectivity index (χ3n) is 3.01. The Kier molecular flexibility index (Phi) is 2.54. The number of likely N-dealkylation sites (N-methyl/N-ethyl adjacent to an activating group) is 1. The van der Waals surface area contributed by atoms with Gasteiger partial charge in [0.15, 0.2) is 0 Å². The van der Waals surface area contributed by atoms with Gasteiger partial charge < -0.3 is 4.90 Å². The monoisotopic (exact) mass is 181 g/mol. The summed E-state index contributed by atoms with van der Waals surface area (Å²) < 4.78 is 0. The van der Waals surface area contributed by atoms with Gasteiger partial charge in [0, 0.05) is 19.6 Å². The molecule has 3 nitrogen and oxygen atoms in total. The van der Waals surface area contributed by atoms with Gasteiger partial charge in [0.25, 0.3) is 0 Å². The zero-order chi connectivity index (χ0) is 9.26. The van der Waals surface area contributed by atoms with Crippen LogP contribution in [0.5, 0.6) is 0 Å². The Balaban J connectivity index is 2.15. The Labute approximate surface area is 80.4 Å². The first-order chi connectivity index (χ1) is 6.29. The molecule has 0 aliphatic carbocycles. The molecule has 2 rings (SSSR count). The summed E-state index contributed by atoms with van der Waals surface area (Å²) in [5.74, 6) is 1.35. The lowest BCUT2D eigenvalue weighted by molar-refractivity contribution is 0.250. The number of amidine groups is 1. The fourth-order valence-electron chi connectivity index (χ4n) is 2.31. The highest BCUT2D eigenvalue weighted by Gasteiger charge is 2.28. The Morgan fingerprint density at radius 1 is 1.31 bits per heavy atom. The number of rotatable bonds is 1. The summed E-state index contributed by atoms with van der Waals surface area (Å²) >= 11 is 0. The van der Waals surface area contributed by atoms with Gasteiger partial charge >= 0.3 is 0 Å². The zero-order valence-corrected chi connectivity index (χ0v) is 8.66. The molecule has 2 aliphatic rings. The molecule has 0 N–H and O–H groups in total. The molecule has 0 amide bonds. The Bertz CT molecular complexity index is 210. The molecule has 13 heavy (non-hydrogen) atoms. The van der Waals surface area contributed by atoms with E-state index in [4.69, 9.17) is 0 Å². The quantitative estimate of drug-likeness (QED) is 0.596. The van der Waals surface area contributed by atoms with Gasteiger partial charge in [0.1, 0.15) is 5.84 Å². The van der Waals surface area contributed by atoms with Crippen LogP contribution in [0.3, 0.4) is 0 Å². The van der Waals surface area contributed by atoms with Crippen LogP contribution < -0.4 is 0 Å². The molecule has 0 spiro atoms. The Morgan fingerprint density at radius 2 is 2.08 bits per heavy atom. The van der Waals surface area contributed by atoms with Gasteiger partial charge in [-0.1, -0.05) is 0 Å². The van der Waals surface area contributed by atoms with Crippen LogP contribution in [0, 0.1) is 0 Å². The van der Waals surface area contributed by atoms with E-state index in [2.05, 4.69) is 28.9 Å². The average Bonchev–Trinajstić information content (AvgIpc) is 2.17. The number of hydrogen-bond donors (Lipinski definition) is 0. The fourth-order valence-corrected chi connectivity index (χ4v) is 2.31. The van der Waals surface area contributed by atoms with Crippen LogP contribution in [0.25, 0.3) is 0 Å². The Hall–Kier alpha value is -0.570. The first kappa shape index (κ1) is 9.00. The van der Waals surface area contributed by atoms with E-state index < -0.39 is 0 Å². The number of aliphatic imine (C=N–C) groups is 1. The maximum Gasteiger partial charge on any atom is 0.116 e. The zero-order valence-electron chi connectivity index (χ0n) is 8.66. The topological polar surface area (TPSA) is 18.8 Å². The second-order valence-electron chi connectivity index (χ2n) is 4.20. The molecular weight excluding hydrogens is 162 g/mol. The van der Waals surface area contributed by atoms with Crippen molar-refractivity contribution in [3.05, 3.63) is 0 Å². The molecular formula is C10H19N3. The molecule has 1 saturated heterocycles. The lowest BCUT2D eigenvalue weighted by atomic mass is 10.0. The van der Waals surface area contributed by atoms with E-state index in [0.29, 0.717) is 6.04 Å². The molecule has 0 aromatic heterocycles. The van der Waals surface area contributed by atoms with E-state index >= 15 is 0 Å². The van der Waals surface area contributed by atoms with E-state index in [1.807, 2.05) is 0 Å². The lowest BCUT2D eigenvalue weighted by Gasteiger charge is -2.40. The van der Waals surface area contributed by atoms with Gasteiger partial charge in [-0.05, 0) is 33.4 Å². The minimum Gasteiger partial charge on any atom is -0.359 e. The molecule has 0 aromatic carbocycles. The summed E-state index contributed by atoms with van der Waals surface area (Å²) in [6.07, 6.45) is 3.84. The van der Waals surface area contributed by atoms with Gasteiger partial charge in [-0.3, -0.25) is 9.89 Å². The predicted octanol–water partition coefficient (Wildman–Crippen LogP) is 0.815. The highest BCUT2D eigenvalue weighted by molar-refractivity contribution is 5.88. The van der Waals surface area contributed by atoms with Gasteiger partial charge in [0.05, 0.1) is 6.04 Å². The molecule has 1 atom stereocenters. The molecule has 0 bridgehead atoms. The van der Waals surface area contributed by atoms with Gasteiger partial charge in [-0.2, -0.15) is 0 Å². The number of hydrogen-bond acceptors (Lipinski definition) is 3. The number of fused-ring (bicyclic) bond motifs is 1. The standard InChI is InChI=1S/C10H19N3/c1-12(2)9-5-3-7-13-8-4-6-11-10(9)13/h9H,3-8H2,1-2H3. The van der Waals surface area contributed by atoms with E-state index in [1.54, 1.807) is 0 Å². The number of piperidine rings is 1.